The molecule has 8 nitrogen and oxygen atoms in total. The molecule has 0 amide bonds. The molecule has 1 unspecified atom stereocenters. The quantitative estimate of drug-likeness (QED) is 0.388. The number of fused-ring (bicyclic) bond motifs is 1. The second kappa shape index (κ2) is 10.1. The van der Waals surface area contributed by atoms with Crippen LogP contribution in [0.2, 0.25) is 0 Å². The van der Waals surface area contributed by atoms with Crippen LogP contribution in [-0.4, -0.2) is 30.2 Å². The zero-order valence-corrected chi connectivity index (χ0v) is 20.5. The Morgan fingerprint density at radius 2 is 1.86 bits per heavy atom. The number of methoxy groups -OCH3 is 1. The Hall–Kier alpha value is -3.98. The summed E-state index contributed by atoms with van der Waals surface area (Å²) in [7, 11) is 1.54. The molecule has 0 saturated carbocycles. The van der Waals surface area contributed by atoms with Crippen LogP contribution in [0.25, 0.3) is 6.08 Å². The van der Waals surface area contributed by atoms with Gasteiger partial charge in [-0.25, -0.2) is 9.79 Å². The number of para-hydroxylation sites is 1. The third kappa shape index (κ3) is 4.81. The van der Waals surface area contributed by atoms with Crippen LogP contribution in [0.5, 0.6) is 11.5 Å². The number of carbonyl (C=O) groups is 2. The van der Waals surface area contributed by atoms with Crippen molar-refractivity contribution in [2.45, 2.75) is 26.8 Å². The normalized spacial score (nSPS) is 15.3. The van der Waals surface area contributed by atoms with E-state index in [1.807, 2.05) is 18.2 Å². The predicted molar refractivity (Wildman–Crippen MR) is 131 cm³/mol. The molecule has 1 atom stereocenters. The first-order valence-corrected chi connectivity index (χ1v) is 11.8. The standard InChI is InChI=1S/C26H24N2O6S/c1-5-33-25(31)22-15(2)27-26-28(23(22)19-8-6-7-9-20(19)32-4)24(30)21(35-26)14-17-10-12-18(13-11-17)34-16(3)29/h6-14,23H,5H2,1-4H3/b21-14+. The minimum atomic E-state index is -0.755. The van der Waals surface area contributed by atoms with Crippen LogP contribution in [0.3, 0.4) is 0 Å². The Morgan fingerprint density at radius 3 is 2.51 bits per heavy atom. The van der Waals surface area contributed by atoms with Gasteiger partial charge in [0.05, 0.1) is 29.5 Å². The molecule has 1 aliphatic rings. The highest BCUT2D eigenvalue weighted by atomic mass is 32.1. The first kappa shape index (κ1) is 24.2. The van der Waals surface area contributed by atoms with Gasteiger partial charge in [-0.1, -0.05) is 41.7 Å². The number of thiazole rings is 1. The minimum absolute atomic E-state index is 0.196. The van der Waals surface area contributed by atoms with Crippen molar-refractivity contribution in [1.29, 1.82) is 0 Å². The zero-order valence-electron chi connectivity index (χ0n) is 19.7. The lowest BCUT2D eigenvalue weighted by atomic mass is 9.95. The van der Waals surface area contributed by atoms with Gasteiger partial charge in [-0.05, 0) is 43.7 Å². The van der Waals surface area contributed by atoms with E-state index in [4.69, 9.17) is 14.2 Å². The molecule has 180 valence electrons. The van der Waals surface area contributed by atoms with Crippen molar-refractivity contribution in [3.05, 3.63) is 90.6 Å². The smallest absolute Gasteiger partial charge is 0.338 e. The number of aromatic nitrogens is 1. The molecule has 0 fully saturated rings. The van der Waals surface area contributed by atoms with Gasteiger partial charge in [-0.3, -0.25) is 14.2 Å². The highest BCUT2D eigenvalue weighted by Gasteiger charge is 2.34. The number of hydrogen-bond acceptors (Lipinski definition) is 8. The molecular weight excluding hydrogens is 468 g/mol. The molecule has 2 heterocycles. The van der Waals surface area contributed by atoms with Crippen LogP contribution < -0.4 is 24.4 Å². The molecule has 1 aromatic heterocycles. The number of hydrogen-bond donors (Lipinski definition) is 0. The van der Waals surface area contributed by atoms with Crippen molar-refractivity contribution < 1.29 is 23.8 Å². The van der Waals surface area contributed by atoms with Gasteiger partial charge < -0.3 is 14.2 Å². The number of nitrogens with zero attached hydrogens (tertiary/aromatic N) is 2. The van der Waals surface area contributed by atoms with Crippen LogP contribution in [0, 0.1) is 0 Å². The Kier molecular flexibility index (Phi) is 6.97. The van der Waals surface area contributed by atoms with Gasteiger partial charge in [0.1, 0.15) is 17.5 Å². The second-order valence-corrected chi connectivity index (χ2v) is 8.72. The number of allylic oxidation sites excluding steroid dienone is 1. The molecule has 3 aromatic rings. The summed E-state index contributed by atoms with van der Waals surface area (Å²) >= 11 is 1.23. The average Bonchev–Trinajstić information content (AvgIpc) is 3.13. The monoisotopic (exact) mass is 492 g/mol. The van der Waals surface area contributed by atoms with Crippen molar-refractivity contribution in [3.8, 4) is 11.5 Å². The summed E-state index contributed by atoms with van der Waals surface area (Å²) in [6.45, 7) is 4.99. The van der Waals surface area contributed by atoms with E-state index in [9.17, 15) is 14.4 Å². The maximum Gasteiger partial charge on any atom is 0.338 e. The molecule has 9 heteroatoms. The van der Waals surface area contributed by atoms with E-state index in [-0.39, 0.29) is 12.2 Å². The predicted octanol–water partition coefficient (Wildman–Crippen LogP) is 2.73. The molecule has 0 aliphatic carbocycles. The maximum absolute atomic E-state index is 13.6. The number of benzene rings is 2. The molecule has 2 aromatic carbocycles. The molecular formula is C26H24N2O6S. The van der Waals surface area contributed by atoms with Crippen LogP contribution in [0.1, 0.15) is 37.9 Å². The van der Waals surface area contributed by atoms with E-state index in [1.165, 1.54) is 22.8 Å². The van der Waals surface area contributed by atoms with Gasteiger partial charge in [0.15, 0.2) is 4.80 Å². The van der Waals surface area contributed by atoms with Crippen molar-refractivity contribution in [3.63, 3.8) is 0 Å². The lowest BCUT2D eigenvalue weighted by molar-refractivity contribution is -0.139. The summed E-state index contributed by atoms with van der Waals surface area (Å²) in [5.74, 6) is 0.0294. The van der Waals surface area contributed by atoms with Crippen molar-refractivity contribution in [1.82, 2.24) is 4.57 Å². The topological polar surface area (TPSA) is 96.2 Å². The summed E-state index contributed by atoms with van der Waals surface area (Å²) in [5, 5.41) is 0. The second-order valence-electron chi connectivity index (χ2n) is 7.71. The van der Waals surface area contributed by atoms with Gasteiger partial charge in [0.25, 0.3) is 5.56 Å². The number of ether oxygens (including phenoxy) is 3. The Balaban J connectivity index is 1.89. The van der Waals surface area contributed by atoms with Gasteiger partial charge in [-0.2, -0.15) is 0 Å². The maximum atomic E-state index is 13.6. The molecule has 35 heavy (non-hydrogen) atoms. The largest absolute Gasteiger partial charge is 0.496 e. The lowest BCUT2D eigenvalue weighted by Crippen LogP contribution is -2.40. The Bertz CT molecular complexity index is 1500. The highest BCUT2D eigenvalue weighted by molar-refractivity contribution is 7.07. The molecule has 4 rings (SSSR count). The summed E-state index contributed by atoms with van der Waals surface area (Å²) in [6, 6.07) is 13.3. The zero-order chi connectivity index (χ0) is 25.1. The van der Waals surface area contributed by atoms with E-state index in [0.717, 1.165) is 5.56 Å². The number of esters is 2. The molecule has 0 bridgehead atoms. The number of carbonyl (C=O) groups excluding carboxylic acids is 2. The molecule has 0 saturated heterocycles. The third-order valence-corrected chi connectivity index (χ3v) is 6.37. The van der Waals surface area contributed by atoms with E-state index >= 15 is 0 Å². The third-order valence-electron chi connectivity index (χ3n) is 5.39. The average molecular weight is 493 g/mol. The van der Waals surface area contributed by atoms with E-state index < -0.39 is 18.0 Å². The van der Waals surface area contributed by atoms with Gasteiger partial charge in [0, 0.05) is 12.5 Å². The van der Waals surface area contributed by atoms with E-state index in [2.05, 4.69) is 4.99 Å². The molecule has 0 N–H and O–H groups in total. The summed E-state index contributed by atoms with van der Waals surface area (Å²) < 4.78 is 17.9. The fourth-order valence-electron chi connectivity index (χ4n) is 3.93. The van der Waals surface area contributed by atoms with Gasteiger partial charge in [0.2, 0.25) is 0 Å². The Labute approximate surface area is 205 Å². The fourth-order valence-corrected chi connectivity index (χ4v) is 4.97. The summed E-state index contributed by atoms with van der Waals surface area (Å²) in [4.78, 5) is 42.8. The van der Waals surface area contributed by atoms with Crippen molar-refractivity contribution in [2.24, 2.45) is 4.99 Å². The summed E-state index contributed by atoms with van der Waals surface area (Å²) in [5.41, 5.74) is 1.90. The fraction of sp³-hybridized carbons (Fsp3) is 0.231. The van der Waals surface area contributed by atoms with E-state index in [0.29, 0.717) is 37.7 Å². The van der Waals surface area contributed by atoms with Crippen LogP contribution in [0.4, 0.5) is 0 Å². The lowest BCUT2D eigenvalue weighted by Gasteiger charge is -2.25. The van der Waals surface area contributed by atoms with Crippen LogP contribution >= 0.6 is 11.3 Å². The number of rotatable bonds is 6. The van der Waals surface area contributed by atoms with Crippen molar-refractivity contribution in [2.75, 3.05) is 13.7 Å². The molecule has 0 radical (unpaired) electrons. The first-order valence-electron chi connectivity index (χ1n) is 10.9. The van der Waals surface area contributed by atoms with Gasteiger partial charge in [-0.15, -0.1) is 0 Å². The van der Waals surface area contributed by atoms with Gasteiger partial charge >= 0.3 is 11.9 Å². The molecule has 1 aliphatic heterocycles. The van der Waals surface area contributed by atoms with Crippen LogP contribution in [0.15, 0.2) is 69.6 Å². The SMILES string of the molecule is CCOC(=O)C1=C(C)N=c2s/c(=C/c3ccc(OC(C)=O)cc3)c(=O)n2C1c1ccccc1OC. The highest BCUT2D eigenvalue weighted by Crippen LogP contribution is 2.35. The minimum Gasteiger partial charge on any atom is -0.496 e. The van der Waals surface area contributed by atoms with Crippen molar-refractivity contribution >= 4 is 29.4 Å². The summed E-state index contributed by atoms with van der Waals surface area (Å²) in [6.07, 6.45) is 1.74. The van der Waals surface area contributed by atoms with E-state index in [1.54, 1.807) is 57.4 Å². The van der Waals surface area contributed by atoms with Crippen LogP contribution in [-0.2, 0) is 14.3 Å². The first-order chi connectivity index (χ1) is 16.8. The Morgan fingerprint density at radius 1 is 1.14 bits per heavy atom. The molecule has 0 spiro atoms.